The summed E-state index contributed by atoms with van der Waals surface area (Å²) in [5.74, 6) is 0.0308. The molecule has 1 aliphatic rings. The van der Waals surface area contributed by atoms with Gasteiger partial charge in [-0.15, -0.1) is 22.7 Å². The minimum atomic E-state index is -3.52. The number of nitrogens with one attached hydrogen (secondary N) is 1. The SMILES string of the molecule is CC1CCCN(S(=O)(=O)c2csc(C(=O)Nc3nccs3)c2)C1. The van der Waals surface area contributed by atoms with Crippen LogP contribution >= 0.6 is 22.7 Å². The van der Waals surface area contributed by atoms with E-state index in [1.807, 2.05) is 0 Å². The van der Waals surface area contributed by atoms with Gasteiger partial charge in [-0.3, -0.25) is 10.1 Å². The number of hydrogen-bond acceptors (Lipinski definition) is 6. The monoisotopic (exact) mass is 371 g/mol. The van der Waals surface area contributed by atoms with Gasteiger partial charge < -0.3 is 0 Å². The molecule has 1 saturated heterocycles. The number of carbonyl (C=O) groups is 1. The third-order valence-corrected chi connectivity index (χ3v) is 7.32. The average Bonchev–Trinajstić information content (AvgIpc) is 3.18. The molecule has 0 aromatic carbocycles. The molecule has 0 spiro atoms. The highest BCUT2D eigenvalue weighted by Crippen LogP contribution is 2.27. The smallest absolute Gasteiger partial charge is 0.267 e. The van der Waals surface area contributed by atoms with Crippen molar-refractivity contribution in [2.24, 2.45) is 5.92 Å². The first-order chi connectivity index (χ1) is 11.0. The van der Waals surface area contributed by atoms with Gasteiger partial charge in [-0.1, -0.05) is 6.92 Å². The summed E-state index contributed by atoms with van der Waals surface area (Å²) in [6.07, 6.45) is 3.53. The molecule has 1 atom stereocenters. The van der Waals surface area contributed by atoms with E-state index in [1.54, 1.807) is 11.6 Å². The number of aromatic nitrogens is 1. The van der Waals surface area contributed by atoms with Crippen molar-refractivity contribution >= 4 is 43.7 Å². The fourth-order valence-corrected chi connectivity index (χ4v) is 5.81. The molecule has 9 heteroatoms. The van der Waals surface area contributed by atoms with Gasteiger partial charge in [0.2, 0.25) is 10.0 Å². The van der Waals surface area contributed by atoms with Gasteiger partial charge in [0.1, 0.15) is 0 Å². The molecule has 3 heterocycles. The molecule has 0 radical (unpaired) electrons. The Morgan fingerprint density at radius 1 is 1.43 bits per heavy atom. The Labute approximate surface area is 143 Å². The van der Waals surface area contributed by atoms with Gasteiger partial charge in [-0.2, -0.15) is 4.31 Å². The van der Waals surface area contributed by atoms with E-state index in [2.05, 4.69) is 17.2 Å². The van der Waals surface area contributed by atoms with Crippen LogP contribution in [0, 0.1) is 5.92 Å². The highest BCUT2D eigenvalue weighted by Gasteiger charge is 2.30. The van der Waals surface area contributed by atoms with Crippen LogP contribution in [-0.2, 0) is 10.0 Å². The molecule has 6 nitrogen and oxygen atoms in total. The summed E-state index contributed by atoms with van der Waals surface area (Å²) < 4.78 is 26.9. The van der Waals surface area contributed by atoms with Crippen molar-refractivity contribution in [1.82, 2.24) is 9.29 Å². The van der Waals surface area contributed by atoms with Crippen LogP contribution in [0.3, 0.4) is 0 Å². The molecule has 23 heavy (non-hydrogen) atoms. The molecule has 1 aliphatic heterocycles. The van der Waals surface area contributed by atoms with Crippen molar-refractivity contribution in [3.05, 3.63) is 27.9 Å². The number of rotatable bonds is 4. The number of piperidine rings is 1. The van der Waals surface area contributed by atoms with Crippen molar-refractivity contribution in [3.8, 4) is 0 Å². The maximum absolute atomic E-state index is 12.7. The Morgan fingerprint density at radius 2 is 2.26 bits per heavy atom. The van der Waals surface area contributed by atoms with Gasteiger partial charge in [0.25, 0.3) is 5.91 Å². The Morgan fingerprint density at radius 3 is 2.96 bits per heavy atom. The maximum Gasteiger partial charge on any atom is 0.267 e. The fraction of sp³-hybridized carbons (Fsp3) is 0.429. The predicted molar refractivity (Wildman–Crippen MR) is 91.5 cm³/mol. The van der Waals surface area contributed by atoms with E-state index in [0.717, 1.165) is 24.2 Å². The van der Waals surface area contributed by atoms with Crippen molar-refractivity contribution in [3.63, 3.8) is 0 Å². The van der Waals surface area contributed by atoms with Gasteiger partial charge in [-0.05, 0) is 24.8 Å². The first-order valence-electron chi connectivity index (χ1n) is 7.26. The maximum atomic E-state index is 12.7. The largest absolute Gasteiger partial charge is 0.297 e. The summed E-state index contributed by atoms with van der Waals surface area (Å²) in [5, 5.41) is 6.45. The third kappa shape index (κ3) is 3.63. The number of thiophene rings is 1. The first-order valence-corrected chi connectivity index (χ1v) is 10.5. The van der Waals surface area contributed by atoms with E-state index < -0.39 is 10.0 Å². The van der Waals surface area contributed by atoms with E-state index >= 15 is 0 Å². The zero-order valence-electron chi connectivity index (χ0n) is 12.6. The highest BCUT2D eigenvalue weighted by molar-refractivity contribution is 7.89. The quantitative estimate of drug-likeness (QED) is 0.896. The van der Waals surface area contributed by atoms with Crippen LogP contribution in [0.5, 0.6) is 0 Å². The number of nitrogens with zero attached hydrogens (tertiary/aromatic N) is 2. The lowest BCUT2D eigenvalue weighted by Gasteiger charge is -2.29. The van der Waals surface area contributed by atoms with Crippen LogP contribution < -0.4 is 5.32 Å². The average molecular weight is 372 g/mol. The molecule has 0 aliphatic carbocycles. The van der Waals surface area contributed by atoms with Gasteiger partial charge in [0.15, 0.2) is 5.13 Å². The van der Waals surface area contributed by atoms with E-state index in [0.29, 0.717) is 29.0 Å². The number of hydrogen-bond donors (Lipinski definition) is 1. The Hall–Kier alpha value is -1.29. The second kappa shape index (κ2) is 6.68. The molecule has 124 valence electrons. The van der Waals surface area contributed by atoms with Crippen LogP contribution in [0.1, 0.15) is 29.4 Å². The van der Waals surface area contributed by atoms with Crippen molar-refractivity contribution in [2.45, 2.75) is 24.7 Å². The summed E-state index contributed by atoms with van der Waals surface area (Å²) in [6, 6.07) is 1.45. The lowest BCUT2D eigenvalue weighted by Crippen LogP contribution is -2.38. The van der Waals surface area contributed by atoms with Crippen LogP contribution in [0.2, 0.25) is 0 Å². The van der Waals surface area contributed by atoms with Gasteiger partial charge in [0.05, 0.1) is 9.77 Å². The number of anilines is 1. The molecule has 2 aromatic heterocycles. The van der Waals surface area contributed by atoms with Gasteiger partial charge in [0, 0.05) is 30.0 Å². The van der Waals surface area contributed by atoms with E-state index in [1.165, 1.54) is 27.1 Å². The highest BCUT2D eigenvalue weighted by atomic mass is 32.2. The standard InChI is InChI=1S/C14H17N3O3S3/c1-10-3-2-5-17(8-10)23(19,20)11-7-12(22-9-11)13(18)16-14-15-4-6-21-14/h4,6-7,9-10H,2-3,5,8H2,1H3,(H,15,16,18). The number of amides is 1. The fourth-order valence-electron chi connectivity index (χ4n) is 2.53. The van der Waals surface area contributed by atoms with Crippen molar-refractivity contribution in [2.75, 3.05) is 18.4 Å². The Kier molecular flexibility index (Phi) is 4.81. The molecular formula is C14H17N3O3S3. The zero-order valence-corrected chi connectivity index (χ0v) is 15.0. The predicted octanol–water partition coefficient (Wildman–Crippen LogP) is 2.88. The molecule has 1 N–H and O–H groups in total. The van der Waals surface area contributed by atoms with E-state index in [9.17, 15) is 13.2 Å². The Balaban J connectivity index is 1.76. The molecule has 1 unspecified atom stereocenters. The first kappa shape index (κ1) is 16.6. The summed E-state index contributed by atoms with van der Waals surface area (Å²) in [7, 11) is -3.52. The van der Waals surface area contributed by atoms with Crippen molar-refractivity contribution in [1.29, 1.82) is 0 Å². The Bertz CT molecular complexity index is 783. The third-order valence-electron chi connectivity index (χ3n) is 3.71. The summed E-state index contributed by atoms with van der Waals surface area (Å²) in [4.78, 5) is 16.7. The molecule has 1 amide bonds. The van der Waals surface area contributed by atoms with Crippen LogP contribution in [0.15, 0.2) is 27.9 Å². The lowest BCUT2D eigenvalue weighted by atomic mass is 10.0. The van der Waals surface area contributed by atoms with E-state index in [4.69, 9.17) is 0 Å². The van der Waals surface area contributed by atoms with Crippen LogP contribution in [0.4, 0.5) is 5.13 Å². The molecule has 0 bridgehead atoms. The van der Waals surface area contributed by atoms with E-state index in [-0.39, 0.29) is 10.8 Å². The number of thiazole rings is 1. The minimum absolute atomic E-state index is 0.195. The summed E-state index contributed by atoms with van der Waals surface area (Å²) in [6.45, 7) is 3.14. The summed E-state index contributed by atoms with van der Waals surface area (Å²) in [5.41, 5.74) is 0. The zero-order chi connectivity index (χ0) is 16.4. The second-order valence-corrected chi connectivity index (χ2v) is 9.29. The minimum Gasteiger partial charge on any atom is -0.297 e. The molecule has 2 aromatic rings. The molecule has 3 rings (SSSR count). The summed E-state index contributed by atoms with van der Waals surface area (Å²) >= 11 is 2.45. The van der Waals surface area contributed by atoms with Crippen molar-refractivity contribution < 1.29 is 13.2 Å². The number of sulfonamides is 1. The normalized spacial score (nSPS) is 19.6. The lowest BCUT2D eigenvalue weighted by molar-refractivity contribution is 0.103. The second-order valence-electron chi connectivity index (χ2n) is 5.55. The molecular weight excluding hydrogens is 354 g/mol. The van der Waals surface area contributed by atoms with Crippen LogP contribution in [0.25, 0.3) is 0 Å². The van der Waals surface area contributed by atoms with Crippen LogP contribution in [-0.4, -0.2) is 36.7 Å². The van der Waals surface area contributed by atoms with Gasteiger partial charge >= 0.3 is 0 Å². The molecule has 1 fully saturated rings. The van der Waals surface area contributed by atoms with Gasteiger partial charge in [-0.25, -0.2) is 13.4 Å². The molecule has 0 saturated carbocycles. The number of carbonyl (C=O) groups excluding carboxylic acids is 1. The topological polar surface area (TPSA) is 79.4 Å².